The zero-order chi connectivity index (χ0) is 18.8. The van der Waals surface area contributed by atoms with Crippen LogP contribution in [-0.4, -0.2) is 72.2 Å². The van der Waals surface area contributed by atoms with Crippen LogP contribution < -0.4 is 10.2 Å². The number of ether oxygens (including phenoxy) is 1. The minimum absolute atomic E-state index is 0.137. The van der Waals surface area contributed by atoms with Crippen LogP contribution in [0.3, 0.4) is 0 Å². The molecule has 2 amide bonds. The van der Waals surface area contributed by atoms with Gasteiger partial charge in [0.1, 0.15) is 0 Å². The summed E-state index contributed by atoms with van der Waals surface area (Å²) in [5.41, 5.74) is 2.39. The molecular weight excluding hydrogens is 346 g/mol. The molecule has 27 heavy (non-hydrogen) atoms. The minimum Gasteiger partial charge on any atom is -0.378 e. The number of imidazole rings is 1. The van der Waals surface area contributed by atoms with Gasteiger partial charge in [0.15, 0.2) is 0 Å². The van der Waals surface area contributed by atoms with E-state index >= 15 is 0 Å². The van der Waals surface area contributed by atoms with Crippen LogP contribution in [0.2, 0.25) is 0 Å². The number of aryl methyl sites for hydroxylation is 1. The van der Waals surface area contributed by atoms with Crippen molar-refractivity contribution in [3.05, 3.63) is 23.8 Å². The molecule has 144 valence electrons. The number of rotatable bonds is 5. The van der Waals surface area contributed by atoms with Crippen molar-refractivity contribution >= 4 is 28.8 Å². The van der Waals surface area contributed by atoms with Crippen molar-refractivity contribution < 1.29 is 14.3 Å². The summed E-state index contributed by atoms with van der Waals surface area (Å²) >= 11 is 0. The highest BCUT2D eigenvalue weighted by atomic mass is 16.5. The highest BCUT2D eigenvalue weighted by molar-refractivity contribution is 5.97. The molecule has 2 aromatic rings. The minimum atomic E-state index is -0.137. The number of benzene rings is 1. The summed E-state index contributed by atoms with van der Waals surface area (Å²) in [6.07, 6.45) is 1.53. The van der Waals surface area contributed by atoms with Gasteiger partial charge in [0.05, 0.1) is 24.2 Å². The van der Waals surface area contributed by atoms with Crippen LogP contribution in [0.15, 0.2) is 18.2 Å². The summed E-state index contributed by atoms with van der Waals surface area (Å²) in [5.74, 6) is 0.940. The van der Waals surface area contributed by atoms with E-state index in [1.807, 2.05) is 25.2 Å². The number of aromatic nitrogens is 2. The molecule has 1 N–H and O–H groups in total. The molecule has 3 heterocycles. The van der Waals surface area contributed by atoms with Gasteiger partial charge in [0.25, 0.3) is 5.91 Å². The number of fused-ring (bicyclic) bond motifs is 1. The number of carbonyl (C=O) groups excluding carboxylic acids is 2. The molecule has 8 nitrogen and oxygen atoms in total. The van der Waals surface area contributed by atoms with Gasteiger partial charge in [-0.15, -0.1) is 0 Å². The van der Waals surface area contributed by atoms with Crippen LogP contribution in [0.5, 0.6) is 0 Å². The van der Waals surface area contributed by atoms with E-state index in [0.29, 0.717) is 38.3 Å². The maximum Gasteiger partial charge on any atom is 0.251 e. The quantitative estimate of drug-likeness (QED) is 0.840. The Labute approximate surface area is 158 Å². The number of hydrogen-bond acceptors (Lipinski definition) is 5. The smallest absolute Gasteiger partial charge is 0.251 e. The lowest BCUT2D eigenvalue weighted by atomic mass is 10.2. The first-order valence-corrected chi connectivity index (χ1v) is 9.48. The van der Waals surface area contributed by atoms with E-state index in [-0.39, 0.29) is 11.8 Å². The van der Waals surface area contributed by atoms with E-state index in [2.05, 4.69) is 14.8 Å². The maximum absolute atomic E-state index is 12.5. The molecule has 0 spiro atoms. The second-order valence-electron chi connectivity index (χ2n) is 7.01. The molecule has 0 atom stereocenters. The van der Waals surface area contributed by atoms with Crippen LogP contribution in [0, 0.1) is 0 Å². The van der Waals surface area contributed by atoms with Gasteiger partial charge in [-0.2, -0.15) is 0 Å². The van der Waals surface area contributed by atoms with Crippen molar-refractivity contribution in [3.63, 3.8) is 0 Å². The van der Waals surface area contributed by atoms with Gasteiger partial charge >= 0.3 is 0 Å². The fourth-order valence-corrected chi connectivity index (χ4v) is 3.72. The fraction of sp³-hybridized carbons (Fsp3) is 0.526. The molecule has 2 aliphatic rings. The van der Waals surface area contributed by atoms with Crippen molar-refractivity contribution in [1.82, 2.24) is 19.8 Å². The van der Waals surface area contributed by atoms with Crippen molar-refractivity contribution in [2.24, 2.45) is 7.05 Å². The predicted molar refractivity (Wildman–Crippen MR) is 102 cm³/mol. The van der Waals surface area contributed by atoms with Gasteiger partial charge < -0.3 is 24.4 Å². The lowest BCUT2D eigenvalue weighted by Crippen LogP contribution is -2.37. The number of amides is 2. The first kappa shape index (κ1) is 17.8. The van der Waals surface area contributed by atoms with Gasteiger partial charge in [-0.25, -0.2) is 4.98 Å². The van der Waals surface area contributed by atoms with Crippen LogP contribution in [-0.2, 0) is 16.6 Å². The molecule has 0 saturated carbocycles. The molecule has 0 unspecified atom stereocenters. The van der Waals surface area contributed by atoms with Crippen LogP contribution in [0.4, 0.5) is 5.95 Å². The maximum atomic E-state index is 12.5. The Balaban J connectivity index is 1.44. The standard InChI is InChI=1S/C19H25N5O3/c1-22-16-5-4-14(18(26)20-6-8-23-7-2-3-17(23)25)13-15(16)21-19(22)24-9-11-27-12-10-24/h4-5,13H,2-3,6-12H2,1H3,(H,20,26). The van der Waals surface area contributed by atoms with E-state index in [9.17, 15) is 9.59 Å². The van der Waals surface area contributed by atoms with Gasteiger partial charge in [0, 0.05) is 51.8 Å². The topological polar surface area (TPSA) is 79.7 Å². The number of carbonyl (C=O) groups is 2. The third kappa shape index (κ3) is 3.62. The Morgan fingerprint density at radius 3 is 2.81 bits per heavy atom. The third-order valence-corrected chi connectivity index (χ3v) is 5.25. The first-order valence-electron chi connectivity index (χ1n) is 9.48. The van der Waals surface area contributed by atoms with Crippen LogP contribution >= 0.6 is 0 Å². The molecule has 1 aromatic heterocycles. The van der Waals surface area contributed by atoms with Crippen molar-refractivity contribution in [1.29, 1.82) is 0 Å². The summed E-state index contributed by atoms with van der Waals surface area (Å²) < 4.78 is 7.47. The Morgan fingerprint density at radius 2 is 2.07 bits per heavy atom. The molecule has 2 aliphatic heterocycles. The highest BCUT2D eigenvalue weighted by Crippen LogP contribution is 2.23. The summed E-state index contributed by atoms with van der Waals surface area (Å²) in [4.78, 5) is 32.8. The highest BCUT2D eigenvalue weighted by Gasteiger charge is 2.20. The Kier molecular flexibility index (Phi) is 4.98. The molecule has 0 bridgehead atoms. The van der Waals surface area contributed by atoms with Gasteiger partial charge in [-0.05, 0) is 24.6 Å². The second-order valence-corrected chi connectivity index (χ2v) is 7.01. The summed E-state index contributed by atoms with van der Waals surface area (Å²) in [7, 11) is 1.99. The molecular formula is C19H25N5O3. The third-order valence-electron chi connectivity index (χ3n) is 5.25. The Bertz CT molecular complexity index is 856. The van der Waals surface area contributed by atoms with Crippen molar-refractivity contribution in [2.75, 3.05) is 50.8 Å². The second kappa shape index (κ2) is 7.56. The zero-order valence-electron chi connectivity index (χ0n) is 15.6. The first-order chi connectivity index (χ1) is 13.1. The van der Waals surface area contributed by atoms with Crippen molar-refractivity contribution in [2.45, 2.75) is 12.8 Å². The molecule has 2 fully saturated rings. The Morgan fingerprint density at radius 1 is 1.26 bits per heavy atom. The SMILES string of the molecule is Cn1c(N2CCOCC2)nc2cc(C(=O)NCCN3CCCC3=O)ccc21. The Hall–Kier alpha value is -2.61. The average Bonchev–Trinajstić information content (AvgIpc) is 3.25. The number of likely N-dealkylation sites (tertiary alicyclic amines) is 1. The molecule has 0 aliphatic carbocycles. The molecule has 2 saturated heterocycles. The van der Waals surface area contributed by atoms with E-state index in [4.69, 9.17) is 9.72 Å². The van der Waals surface area contributed by atoms with E-state index < -0.39 is 0 Å². The van der Waals surface area contributed by atoms with Crippen LogP contribution in [0.25, 0.3) is 11.0 Å². The molecule has 0 radical (unpaired) electrons. The summed E-state index contributed by atoms with van der Waals surface area (Å²) in [5, 5.41) is 2.90. The average molecular weight is 371 g/mol. The number of anilines is 1. The lowest BCUT2D eigenvalue weighted by Gasteiger charge is -2.27. The lowest BCUT2D eigenvalue weighted by molar-refractivity contribution is -0.127. The summed E-state index contributed by atoms with van der Waals surface area (Å²) in [6.45, 7) is 4.87. The van der Waals surface area contributed by atoms with Crippen LogP contribution in [0.1, 0.15) is 23.2 Å². The molecule has 4 rings (SSSR count). The van der Waals surface area contributed by atoms with Crippen molar-refractivity contribution in [3.8, 4) is 0 Å². The largest absolute Gasteiger partial charge is 0.378 e. The number of nitrogens with zero attached hydrogens (tertiary/aromatic N) is 4. The monoisotopic (exact) mass is 371 g/mol. The fourth-order valence-electron chi connectivity index (χ4n) is 3.72. The molecule has 8 heteroatoms. The number of morpholine rings is 1. The van der Waals surface area contributed by atoms with E-state index in [1.165, 1.54) is 0 Å². The van der Waals surface area contributed by atoms with E-state index in [1.54, 1.807) is 4.90 Å². The molecule has 1 aromatic carbocycles. The normalized spacial score (nSPS) is 17.7. The van der Waals surface area contributed by atoms with Gasteiger partial charge in [-0.3, -0.25) is 9.59 Å². The number of hydrogen-bond donors (Lipinski definition) is 1. The predicted octanol–water partition coefficient (Wildman–Crippen LogP) is 0.762. The summed E-state index contributed by atoms with van der Waals surface area (Å²) in [6, 6.07) is 5.59. The number of nitrogens with one attached hydrogen (secondary N) is 1. The van der Waals surface area contributed by atoms with Gasteiger partial charge in [0.2, 0.25) is 11.9 Å². The van der Waals surface area contributed by atoms with E-state index in [0.717, 1.165) is 43.0 Å². The van der Waals surface area contributed by atoms with Gasteiger partial charge in [-0.1, -0.05) is 0 Å². The zero-order valence-corrected chi connectivity index (χ0v) is 15.6.